The summed E-state index contributed by atoms with van der Waals surface area (Å²) in [6.45, 7) is 0. The van der Waals surface area contributed by atoms with Crippen LogP contribution in [0.25, 0.3) is 105 Å². The van der Waals surface area contributed by atoms with Gasteiger partial charge in [0.2, 0.25) is 11.8 Å². The normalized spacial score (nSPS) is 11.6. The average molecular weight is 858 g/mol. The monoisotopic (exact) mass is 857 g/mol. The van der Waals surface area contributed by atoms with Crippen LogP contribution in [0.15, 0.2) is 241 Å². The molecule has 0 radical (unpaired) electrons. The summed E-state index contributed by atoms with van der Waals surface area (Å²) in [6.07, 6.45) is 0. The fourth-order valence-corrected chi connectivity index (χ4v) is 9.61. The first kappa shape index (κ1) is 38.3. The van der Waals surface area contributed by atoms with E-state index in [9.17, 15) is 0 Å². The zero-order valence-electron chi connectivity index (χ0n) is 36.2. The molecule has 10 aromatic carbocycles. The summed E-state index contributed by atoms with van der Waals surface area (Å²) in [5.41, 5.74) is 14.9. The minimum atomic E-state index is 0.580. The number of para-hydroxylation sites is 3. The van der Waals surface area contributed by atoms with Crippen molar-refractivity contribution in [3.63, 3.8) is 0 Å². The number of nitrogens with zero attached hydrogens (tertiary/aromatic N) is 5. The number of anilines is 3. The quantitative estimate of drug-likeness (QED) is 0.152. The Morgan fingerprint density at radius 3 is 1.72 bits per heavy atom. The van der Waals surface area contributed by atoms with Crippen LogP contribution in [0, 0.1) is 0 Å². The molecule has 0 spiro atoms. The second-order valence-electron chi connectivity index (χ2n) is 16.8. The Labute approximate surface area is 386 Å². The van der Waals surface area contributed by atoms with Gasteiger partial charge in [0.05, 0.1) is 22.2 Å². The third-order valence-electron chi connectivity index (χ3n) is 12.8. The molecule has 6 nitrogen and oxygen atoms in total. The van der Waals surface area contributed by atoms with Gasteiger partial charge in [-0.2, -0.15) is 0 Å². The molecule has 6 heteroatoms. The van der Waals surface area contributed by atoms with Crippen LogP contribution in [-0.2, 0) is 0 Å². The van der Waals surface area contributed by atoms with E-state index in [0.29, 0.717) is 17.4 Å². The summed E-state index contributed by atoms with van der Waals surface area (Å²) in [6, 6.07) is 82.8. The standard InChI is InChI=1S/C61H39N5O/c1-4-16-44(17-5-1)60-62-55-39-57-53(38-58(55)67-60)52-37-45(40-31-34-48(35-32-40)65(46-19-6-2-7-20-46)47-21-8-3-9-22-47)33-36-56(52)66(57)61-63-54-26-13-12-24-51(54)59(64-61)43-29-27-42(28-30-43)50-25-14-18-41-15-10-11-23-49(41)50/h1-39H. The molecule has 0 fully saturated rings. The Morgan fingerprint density at radius 2 is 0.955 bits per heavy atom. The third-order valence-corrected chi connectivity index (χ3v) is 12.8. The zero-order valence-corrected chi connectivity index (χ0v) is 36.2. The van der Waals surface area contributed by atoms with Crippen LogP contribution >= 0.6 is 0 Å². The maximum atomic E-state index is 6.49. The summed E-state index contributed by atoms with van der Waals surface area (Å²) in [5.74, 6) is 1.16. The molecule has 67 heavy (non-hydrogen) atoms. The number of rotatable bonds is 8. The first-order valence-electron chi connectivity index (χ1n) is 22.5. The predicted octanol–water partition coefficient (Wildman–Crippen LogP) is 16.2. The maximum absolute atomic E-state index is 6.49. The van der Waals surface area contributed by atoms with Crippen molar-refractivity contribution < 1.29 is 4.42 Å². The SMILES string of the molecule is c1ccc(-c2nc3cc4c(cc3o2)c2cc(-c3ccc(N(c5ccccc5)c5ccccc5)cc3)ccc2n4-c2nc(-c3ccc(-c4cccc5ccccc45)cc3)c3ccccc3n2)cc1. The van der Waals surface area contributed by atoms with Gasteiger partial charge >= 0.3 is 0 Å². The fourth-order valence-electron chi connectivity index (χ4n) is 9.61. The zero-order chi connectivity index (χ0) is 44.3. The lowest BCUT2D eigenvalue weighted by molar-refractivity contribution is 0.620. The van der Waals surface area contributed by atoms with Crippen molar-refractivity contribution in [3.05, 3.63) is 237 Å². The van der Waals surface area contributed by atoms with E-state index in [1.165, 1.54) is 16.3 Å². The number of oxazole rings is 1. The van der Waals surface area contributed by atoms with Crippen molar-refractivity contribution in [3.8, 4) is 50.9 Å². The number of fused-ring (bicyclic) bond motifs is 6. The molecule has 13 aromatic rings. The highest BCUT2D eigenvalue weighted by molar-refractivity contribution is 6.13. The van der Waals surface area contributed by atoms with E-state index >= 15 is 0 Å². The molecule has 0 saturated carbocycles. The molecule has 0 unspecified atom stereocenters. The van der Waals surface area contributed by atoms with Crippen LogP contribution < -0.4 is 4.90 Å². The van der Waals surface area contributed by atoms with Gasteiger partial charge < -0.3 is 9.32 Å². The van der Waals surface area contributed by atoms with E-state index in [4.69, 9.17) is 19.4 Å². The molecule has 0 aliphatic rings. The number of benzene rings is 10. The number of hydrogen-bond acceptors (Lipinski definition) is 5. The van der Waals surface area contributed by atoms with E-state index in [1.54, 1.807) is 0 Å². The summed E-state index contributed by atoms with van der Waals surface area (Å²) in [4.78, 5) is 18.0. The molecule has 0 saturated heterocycles. The molecule has 0 aliphatic carbocycles. The van der Waals surface area contributed by atoms with Crippen LogP contribution in [-0.4, -0.2) is 19.5 Å². The van der Waals surface area contributed by atoms with Crippen molar-refractivity contribution in [2.45, 2.75) is 0 Å². The van der Waals surface area contributed by atoms with Crippen molar-refractivity contribution in [1.82, 2.24) is 19.5 Å². The van der Waals surface area contributed by atoms with Crippen molar-refractivity contribution in [2.75, 3.05) is 4.90 Å². The highest BCUT2D eigenvalue weighted by Gasteiger charge is 2.21. The summed E-state index contributed by atoms with van der Waals surface area (Å²) in [5, 5.41) is 5.52. The molecular formula is C61H39N5O. The molecule has 0 aliphatic heterocycles. The Hall–Kier alpha value is -9.13. The van der Waals surface area contributed by atoms with Gasteiger partial charge in [0.1, 0.15) is 5.52 Å². The lowest BCUT2D eigenvalue weighted by atomic mass is 9.96. The van der Waals surface area contributed by atoms with Crippen LogP contribution in [0.3, 0.4) is 0 Å². The van der Waals surface area contributed by atoms with Crippen LogP contribution in [0.4, 0.5) is 17.1 Å². The Morgan fingerprint density at radius 1 is 0.358 bits per heavy atom. The van der Waals surface area contributed by atoms with Gasteiger partial charge in [-0.05, 0) is 112 Å². The topological polar surface area (TPSA) is 60.0 Å². The smallest absolute Gasteiger partial charge is 0.235 e. The Balaban J connectivity index is 0.969. The van der Waals surface area contributed by atoms with Crippen molar-refractivity contribution in [1.29, 1.82) is 0 Å². The number of aromatic nitrogens is 4. The average Bonchev–Trinajstić information content (AvgIpc) is 3.97. The molecule has 0 atom stereocenters. The third kappa shape index (κ3) is 6.70. The van der Waals surface area contributed by atoms with Crippen LogP contribution in [0.1, 0.15) is 0 Å². The van der Waals surface area contributed by atoms with E-state index in [2.05, 4.69) is 210 Å². The minimum absolute atomic E-state index is 0.580. The van der Waals surface area contributed by atoms with Gasteiger partial charge in [-0.3, -0.25) is 4.57 Å². The highest BCUT2D eigenvalue weighted by atomic mass is 16.3. The second kappa shape index (κ2) is 15.8. The van der Waals surface area contributed by atoms with Gasteiger partial charge in [-0.25, -0.2) is 15.0 Å². The maximum Gasteiger partial charge on any atom is 0.235 e. The molecule has 314 valence electrons. The van der Waals surface area contributed by atoms with E-state index in [1.807, 2.05) is 36.4 Å². The number of hydrogen-bond donors (Lipinski definition) is 0. The Bertz CT molecular complexity index is 3910. The van der Waals surface area contributed by atoms with E-state index in [0.717, 1.165) is 88.8 Å². The molecule has 0 N–H and O–H groups in total. The van der Waals surface area contributed by atoms with Gasteiger partial charge in [0.15, 0.2) is 5.58 Å². The predicted molar refractivity (Wildman–Crippen MR) is 275 cm³/mol. The van der Waals surface area contributed by atoms with Gasteiger partial charge in [0, 0.05) is 44.3 Å². The van der Waals surface area contributed by atoms with Gasteiger partial charge in [-0.1, -0.05) is 158 Å². The fraction of sp³-hybridized carbons (Fsp3) is 0. The van der Waals surface area contributed by atoms with Crippen LogP contribution in [0.5, 0.6) is 0 Å². The molecular weight excluding hydrogens is 819 g/mol. The first-order chi connectivity index (χ1) is 33.2. The van der Waals surface area contributed by atoms with E-state index < -0.39 is 0 Å². The Kier molecular flexibility index (Phi) is 9.06. The summed E-state index contributed by atoms with van der Waals surface area (Å²) >= 11 is 0. The first-order valence-corrected chi connectivity index (χ1v) is 22.5. The van der Waals surface area contributed by atoms with E-state index in [-0.39, 0.29) is 0 Å². The minimum Gasteiger partial charge on any atom is -0.436 e. The second-order valence-corrected chi connectivity index (χ2v) is 16.8. The van der Waals surface area contributed by atoms with Gasteiger partial charge in [-0.15, -0.1) is 0 Å². The van der Waals surface area contributed by atoms with Crippen LogP contribution in [0.2, 0.25) is 0 Å². The highest BCUT2D eigenvalue weighted by Crippen LogP contribution is 2.41. The summed E-state index contributed by atoms with van der Waals surface area (Å²) < 4.78 is 8.68. The molecule has 13 rings (SSSR count). The van der Waals surface area contributed by atoms with Crippen molar-refractivity contribution in [2.24, 2.45) is 0 Å². The molecule has 0 bridgehead atoms. The molecule has 0 amide bonds. The molecule has 3 heterocycles. The summed E-state index contributed by atoms with van der Waals surface area (Å²) in [7, 11) is 0. The lowest BCUT2D eigenvalue weighted by Crippen LogP contribution is -2.09. The largest absolute Gasteiger partial charge is 0.436 e. The van der Waals surface area contributed by atoms with Crippen molar-refractivity contribution >= 4 is 71.6 Å². The van der Waals surface area contributed by atoms with Gasteiger partial charge in [0.25, 0.3) is 0 Å². The molecule has 3 aromatic heterocycles. The lowest BCUT2D eigenvalue weighted by Gasteiger charge is -2.25.